The molecule has 1 saturated heterocycles. The van der Waals surface area contributed by atoms with E-state index in [-0.39, 0.29) is 23.3 Å². The third-order valence-corrected chi connectivity index (χ3v) is 5.33. The summed E-state index contributed by atoms with van der Waals surface area (Å²) >= 11 is 1.55. The molecule has 94 valence electrons. The van der Waals surface area contributed by atoms with Gasteiger partial charge in [0.05, 0.1) is 22.4 Å². The van der Waals surface area contributed by atoms with Crippen LogP contribution in [-0.2, 0) is 21.1 Å². The van der Waals surface area contributed by atoms with E-state index >= 15 is 0 Å². The van der Waals surface area contributed by atoms with Gasteiger partial charge in [0, 0.05) is 24.5 Å². The molecule has 1 unspecified atom stereocenters. The smallest absolute Gasteiger partial charge is 0.224 e. The Labute approximate surface area is 104 Å². The third kappa shape index (κ3) is 3.50. The minimum atomic E-state index is -2.98. The quantitative estimate of drug-likeness (QED) is 0.853. The first-order valence-corrected chi connectivity index (χ1v) is 8.13. The molecule has 1 N–H and O–H groups in total. The zero-order valence-corrected chi connectivity index (χ0v) is 10.9. The van der Waals surface area contributed by atoms with Crippen LogP contribution in [0, 0.1) is 5.92 Å². The predicted molar refractivity (Wildman–Crippen MR) is 65.6 cm³/mol. The molecule has 1 aromatic heterocycles. The van der Waals surface area contributed by atoms with Crippen molar-refractivity contribution in [3.8, 4) is 0 Å². The summed E-state index contributed by atoms with van der Waals surface area (Å²) < 4.78 is 22.4. The van der Waals surface area contributed by atoms with E-state index in [1.165, 1.54) is 0 Å². The van der Waals surface area contributed by atoms with Gasteiger partial charge in [-0.25, -0.2) is 13.4 Å². The summed E-state index contributed by atoms with van der Waals surface area (Å²) in [7, 11) is -2.98. The fourth-order valence-electron chi connectivity index (χ4n) is 1.82. The molecule has 2 rings (SSSR count). The molecule has 0 aromatic carbocycles. The molecule has 7 heteroatoms. The van der Waals surface area contributed by atoms with Crippen molar-refractivity contribution >= 4 is 27.1 Å². The number of hydrogen-bond donors (Lipinski definition) is 1. The molecular formula is C10H14N2O3S2. The van der Waals surface area contributed by atoms with Crippen molar-refractivity contribution in [3.63, 3.8) is 0 Å². The van der Waals surface area contributed by atoms with Gasteiger partial charge >= 0.3 is 0 Å². The Kier molecular flexibility index (Phi) is 3.78. The fraction of sp³-hybridized carbons (Fsp3) is 0.600. The van der Waals surface area contributed by atoms with Crippen molar-refractivity contribution in [2.24, 2.45) is 5.92 Å². The highest BCUT2D eigenvalue weighted by atomic mass is 32.2. The van der Waals surface area contributed by atoms with E-state index in [1.807, 2.05) is 5.38 Å². The summed E-state index contributed by atoms with van der Waals surface area (Å²) in [5.41, 5.74) is 0. The van der Waals surface area contributed by atoms with Crippen LogP contribution in [0.3, 0.4) is 0 Å². The van der Waals surface area contributed by atoms with Crippen molar-refractivity contribution in [1.82, 2.24) is 10.3 Å². The number of carbonyl (C=O) groups is 1. The standard InChI is InChI=1S/C10H14N2O3S2/c13-10(8-2-6-17(14,15)7-8)12-3-1-9-11-4-5-16-9/h4-5,8H,1-3,6-7H2,(H,12,13). The highest BCUT2D eigenvalue weighted by molar-refractivity contribution is 7.91. The molecule has 1 aromatic rings. The average molecular weight is 274 g/mol. The molecule has 0 aliphatic carbocycles. The maximum absolute atomic E-state index is 11.7. The van der Waals surface area contributed by atoms with Crippen LogP contribution in [0.15, 0.2) is 11.6 Å². The minimum Gasteiger partial charge on any atom is -0.355 e. The molecule has 2 heterocycles. The minimum absolute atomic E-state index is 0.00388. The van der Waals surface area contributed by atoms with E-state index in [9.17, 15) is 13.2 Å². The highest BCUT2D eigenvalue weighted by Gasteiger charge is 2.32. The van der Waals surface area contributed by atoms with Crippen LogP contribution in [0.4, 0.5) is 0 Å². The Balaban J connectivity index is 1.75. The number of rotatable bonds is 4. The van der Waals surface area contributed by atoms with Gasteiger partial charge in [0.1, 0.15) is 0 Å². The Morgan fingerprint density at radius 2 is 2.41 bits per heavy atom. The number of hydrogen-bond acceptors (Lipinski definition) is 5. The van der Waals surface area contributed by atoms with Gasteiger partial charge in [-0.05, 0) is 6.42 Å². The van der Waals surface area contributed by atoms with Crippen molar-refractivity contribution < 1.29 is 13.2 Å². The van der Waals surface area contributed by atoms with Crippen LogP contribution < -0.4 is 5.32 Å². The summed E-state index contributed by atoms with van der Waals surface area (Å²) in [6.45, 7) is 0.517. The van der Waals surface area contributed by atoms with Crippen LogP contribution >= 0.6 is 11.3 Å². The molecule has 17 heavy (non-hydrogen) atoms. The normalized spacial score (nSPS) is 22.5. The van der Waals surface area contributed by atoms with Gasteiger partial charge in [-0.2, -0.15) is 0 Å². The topological polar surface area (TPSA) is 76.1 Å². The van der Waals surface area contributed by atoms with Crippen LogP contribution in [0.1, 0.15) is 11.4 Å². The number of thiazole rings is 1. The zero-order valence-electron chi connectivity index (χ0n) is 9.26. The van der Waals surface area contributed by atoms with Gasteiger partial charge in [0.2, 0.25) is 5.91 Å². The lowest BCUT2D eigenvalue weighted by Gasteiger charge is -2.08. The molecule has 1 atom stereocenters. The van der Waals surface area contributed by atoms with Crippen LogP contribution in [0.25, 0.3) is 0 Å². The number of nitrogens with one attached hydrogen (secondary N) is 1. The monoisotopic (exact) mass is 274 g/mol. The molecule has 5 nitrogen and oxygen atoms in total. The maximum atomic E-state index is 11.7. The Morgan fingerprint density at radius 1 is 1.59 bits per heavy atom. The van der Waals surface area contributed by atoms with Gasteiger partial charge in [0.15, 0.2) is 9.84 Å². The molecular weight excluding hydrogens is 260 g/mol. The van der Waals surface area contributed by atoms with Gasteiger partial charge < -0.3 is 5.32 Å². The maximum Gasteiger partial charge on any atom is 0.224 e. The van der Waals surface area contributed by atoms with Crippen molar-refractivity contribution in [2.45, 2.75) is 12.8 Å². The molecule has 0 radical (unpaired) electrons. The van der Waals surface area contributed by atoms with E-state index in [1.54, 1.807) is 17.5 Å². The van der Waals surface area contributed by atoms with Crippen LogP contribution in [-0.4, -0.2) is 37.4 Å². The summed E-state index contributed by atoms with van der Waals surface area (Å²) in [4.78, 5) is 15.8. The van der Waals surface area contributed by atoms with Crippen LogP contribution in [0.2, 0.25) is 0 Å². The van der Waals surface area contributed by atoms with Gasteiger partial charge in [0.25, 0.3) is 0 Å². The van der Waals surface area contributed by atoms with E-state index < -0.39 is 9.84 Å². The van der Waals surface area contributed by atoms with Crippen molar-refractivity contribution in [1.29, 1.82) is 0 Å². The lowest BCUT2D eigenvalue weighted by Crippen LogP contribution is -2.32. The number of amides is 1. The van der Waals surface area contributed by atoms with E-state index in [0.717, 1.165) is 5.01 Å². The Bertz CT molecular complexity index is 482. The lowest BCUT2D eigenvalue weighted by atomic mass is 10.1. The van der Waals surface area contributed by atoms with Gasteiger partial charge in [-0.1, -0.05) is 0 Å². The molecule has 1 fully saturated rings. The second-order valence-corrected chi connectivity index (χ2v) is 7.27. The zero-order chi connectivity index (χ0) is 12.3. The molecule has 1 aliphatic heterocycles. The SMILES string of the molecule is O=C(NCCc1nccs1)C1CCS(=O)(=O)C1. The van der Waals surface area contributed by atoms with E-state index in [4.69, 9.17) is 0 Å². The molecule has 0 saturated carbocycles. The van der Waals surface area contributed by atoms with Gasteiger partial charge in [-0.3, -0.25) is 4.79 Å². The third-order valence-electron chi connectivity index (χ3n) is 2.72. The number of carbonyl (C=O) groups excluding carboxylic acids is 1. The first-order chi connectivity index (χ1) is 8.07. The fourth-order valence-corrected chi connectivity index (χ4v) is 4.18. The summed E-state index contributed by atoms with van der Waals surface area (Å²) in [6.07, 6.45) is 2.87. The summed E-state index contributed by atoms with van der Waals surface area (Å²) in [5.74, 6) is -0.382. The molecule has 0 bridgehead atoms. The van der Waals surface area contributed by atoms with Crippen molar-refractivity contribution in [2.75, 3.05) is 18.1 Å². The molecule has 0 spiro atoms. The molecule has 1 amide bonds. The number of sulfone groups is 1. The van der Waals surface area contributed by atoms with E-state index in [2.05, 4.69) is 10.3 Å². The average Bonchev–Trinajstić information content (AvgIpc) is 2.87. The number of nitrogens with zero attached hydrogens (tertiary/aromatic N) is 1. The van der Waals surface area contributed by atoms with E-state index in [0.29, 0.717) is 19.4 Å². The summed E-state index contributed by atoms with van der Waals surface area (Å²) in [6, 6.07) is 0. The van der Waals surface area contributed by atoms with Crippen molar-refractivity contribution in [3.05, 3.63) is 16.6 Å². The number of aromatic nitrogens is 1. The molecule has 1 aliphatic rings. The predicted octanol–water partition coefficient (Wildman–Crippen LogP) is 0.236. The largest absolute Gasteiger partial charge is 0.355 e. The Morgan fingerprint density at radius 3 is 3.00 bits per heavy atom. The van der Waals surface area contributed by atoms with Crippen LogP contribution in [0.5, 0.6) is 0 Å². The second-order valence-electron chi connectivity index (χ2n) is 4.07. The first kappa shape index (κ1) is 12.5. The first-order valence-electron chi connectivity index (χ1n) is 5.43. The lowest BCUT2D eigenvalue weighted by molar-refractivity contribution is -0.124. The Hall–Kier alpha value is -0.950. The van der Waals surface area contributed by atoms with Gasteiger partial charge in [-0.15, -0.1) is 11.3 Å². The second kappa shape index (κ2) is 5.14. The summed E-state index contributed by atoms with van der Waals surface area (Å²) in [5, 5.41) is 5.63. The highest BCUT2D eigenvalue weighted by Crippen LogP contribution is 2.18.